The smallest absolute Gasteiger partial charge is 0.417 e. The number of piperidine rings is 1. The van der Waals surface area contributed by atoms with Gasteiger partial charge in [0, 0.05) is 22.7 Å². The highest BCUT2D eigenvalue weighted by Gasteiger charge is 2.37. The number of amides is 2. The average Bonchev–Trinajstić information content (AvgIpc) is 2.52. The van der Waals surface area contributed by atoms with Crippen LogP contribution >= 0.6 is 22.6 Å². The van der Waals surface area contributed by atoms with Gasteiger partial charge in [0.1, 0.15) is 5.60 Å². The number of hydrogen-bond donors (Lipinski definition) is 1. The van der Waals surface area contributed by atoms with Gasteiger partial charge in [0.05, 0.1) is 11.1 Å². The topological polar surface area (TPSA) is 58.6 Å². The molecule has 0 spiro atoms. The summed E-state index contributed by atoms with van der Waals surface area (Å²) in [5.41, 5.74) is -1.88. The molecule has 2 rings (SSSR count). The molecule has 0 aliphatic carbocycles. The first-order chi connectivity index (χ1) is 12.4. The second-order valence-electron chi connectivity index (χ2n) is 7.40. The maximum Gasteiger partial charge on any atom is 0.417 e. The highest BCUT2D eigenvalue weighted by molar-refractivity contribution is 14.1. The molecule has 0 bridgehead atoms. The zero-order valence-electron chi connectivity index (χ0n) is 15.3. The minimum atomic E-state index is -4.59. The summed E-state index contributed by atoms with van der Waals surface area (Å²) in [6.07, 6.45) is -4.22. The molecule has 27 heavy (non-hydrogen) atoms. The lowest BCUT2D eigenvalue weighted by Crippen LogP contribution is -2.47. The first-order valence-electron chi connectivity index (χ1n) is 8.52. The standard InChI is InChI=1S/C18H22F3IN2O3/c1-17(2,3)27-16(26)23-12-6-8-24(9-7-12)15(25)13-5-4-11(22)10-14(13)18(19,20)21/h4-5,10,12H,6-9H2,1-3H3,(H,23,26). The molecule has 1 saturated heterocycles. The molecule has 1 aromatic rings. The molecular formula is C18H22F3IN2O3. The fourth-order valence-corrected chi connectivity index (χ4v) is 3.30. The molecule has 2 amide bonds. The van der Waals surface area contributed by atoms with Gasteiger partial charge < -0.3 is 15.0 Å². The van der Waals surface area contributed by atoms with Gasteiger partial charge in [-0.3, -0.25) is 4.79 Å². The maximum absolute atomic E-state index is 13.3. The molecule has 0 atom stereocenters. The molecule has 1 aromatic carbocycles. The quantitative estimate of drug-likeness (QED) is 0.614. The number of nitrogens with zero attached hydrogens (tertiary/aromatic N) is 1. The van der Waals surface area contributed by atoms with E-state index in [9.17, 15) is 22.8 Å². The largest absolute Gasteiger partial charge is 0.444 e. The predicted octanol–water partition coefficient (Wildman–Crippen LogP) is 4.44. The Hall–Kier alpha value is -1.52. The van der Waals surface area contributed by atoms with Crippen molar-refractivity contribution >= 4 is 34.6 Å². The van der Waals surface area contributed by atoms with Gasteiger partial charge >= 0.3 is 12.3 Å². The Kier molecular flexibility index (Phi) is 6.64. The Balaban J connectivity index is 2.01. The zero-order valence-corrected chi connectivity index (χ0v) is 17.5. The monoisotopic (exact) mass is 498 g/mol. The lowest BCUT2D eigenvalue weighted by Gasteiger charge is -2.33. The van der Waals surface area contributed by atoms with Gasteiger partial charge in [0.25, 0.3) is 5.91 Å². The first-order valence-corrected chi connectivity index (χ1v) is 9.60. The lowest BCUT2D eigenvalue weighted by atomic mass is 10.0. The SMILES string of the molecule is CC(C)(C)OC(=O)NC1CCN(C(=O)c2ccc(I)cc2C(F)(F)F)CC1. The van der Waals surface area contributed by atoms with E-state index in [-0.39, 0.29) is 24.7 Å². The number of halogens is 4. The van der Waals surface area contributed by atoms with Gasteiger partial charge in [-0.25, -0.2) is 4.79 Å². The number of carbonyl (C=O) groups is 2. The Labute approximate surface area is 169 Å². The van der Waals surface area contributed by atoms with Crippen molar-refractivity contribution in [2.45, 2.75) is 51.4 Å². The minimum Gasteiger partial charge on any atom is -0.444 e. The lowest BCUT2D eigenvalue weighted by molar-refractivity contribution is -0.138. The molecule has 0 aromatic heterocycles. The van der Waals surface area contributed by atoms with Crippen LogP contribution in [0.2, 0.25) is 0 Å². The number of hydrogen-bond acceptors (Lipinski definition) is 3. The van der Waals surface area contributed by atoms with Gasteiger partial charge in [-0.1, -0.05) is 0 Å². The number of nitrogens with one attached hydrogen (secondary N) is 1. The van der Waals surface area contributed by atoms with Gasteiger partial charge in [0.2, 0.25) is 0 Å². The van der Waals surface area contributed by atoms with Crippen molar-refractivity contribution in [1.82, 2.24) is 10.2 Å². The van der Waals surface area contributed by atoms with Crippen molar-refractivity contribution in [3.63, 3.8) is 0 Å². The van der Waals surface area contributed by atoms with Crippen LogP contribution in [-0.4, -0.2) is 41.6 Å². The van der Waals surface area contributed by atoms with E-state index >= 15 is 0 Å². The molecule has 0 saturated carbocycles. The summed E-state index contributed by atoms with van der Waals surface area (Å²) in [7, 11) is 0. The van der Waals surface area contributed by atoms with E-state index in [0.29, 0.717) is 16.4 Å². The summed E-state index contributed by atoms with van der Waals surface area (Å²) in [4.78, 5) is 25.8. The van der Waals surface area contributed by atoms with Crippen LogP contribution < -0.4 is 5.32 Å². The van der Waals surface area contributed by atoms with Crippen molar-refractivity contribution in [3.05, 3.63) is 32.9 Å². The minimum absolute atomic E-state index is 0.178. The number of likely N-dealkylation sites (tertiary alicyclic amines) is 1. The van der Waals surface area contributed by atoms with E-state index in [1.54, 1.807) is 43.4 Å². The van der Waals surface area contributed by atoms with Crippen LogP contribution in [0.3, 0.4) is 0 Å². The predicted molar refractivity (Wildman–Crippen MR) is 102 cm³/mol. The molecule has 0 radical (unpaired) electrons. The van der Waals surface area contributed by atoms with Crippen LogP contribution in [0.15, 0.2) is 18.2 Å². The third-order valence-electron chi connectivity index (χ3n) is 4.02. The van der Waals surface area contributed by atoms with Crippen LogP contribution in [0.5, 0.6) is 0 Å². The molecule has 1 aliphatic rings. The summed E-state index contributed by atoms with van der Waals surface area (Å²) in [6, 6.07) is 3.50. The number of alkyl carbamates (subject to hydrolysis) is 1. The molecule has 9 heteroatoms. The van der Waals surface area contributed by atoms with Crippen LogP contribution in [0.25, 0.3) is 0 Å². The second-order valence-corrected chi connectivity index (χ2v) is 8.65. The number of benzene rings is 1. The van der Waals surface area contributed by atoms with Gasteiger partial charge in [-0.15, -0.1) is 0 Å². The summed E-state index contributed by atoms with van der Waals surface area (Å²) >= 11 is 1.79. The van der Waals surface area contributed by atoms with Crippen molar-refractivity contribution in [2.24, 2.45) is 0 Å². The Morgan fingerprint density at radius 2 is 1.78 bits per heavy atom. The molecule has 5 nitrogen and oxygen atoms in total. The van der Waals surface area contributed by atoms with Crippen LogP contribution in [-0.2, 0) is 10.9 Å². The summed E-state index contributed by atoms with van der Waals surface area (Å²) in [6.45, 7) is 5.80. The third kappa shape index (κ3) is 6.25. The number of carbonyl (C=O) groups excluding carboxylic acids is 2. The second kappa shape index (κ2) is 8.24. The van der Waals surface area contributed by atoms with Crippen molar-refractivity contribution in [3.8, 4) is 0 Å². The van der Waals surface area contributed by atoms with E-state index in [1.807, 2.05) is 0 Å². The van der Waals surface area contributed by atoms with Gasteiger partial charge in [-0.05, 0) is 74.4 Å². The zero-order chi connectivity index (χ0) is 20.4. The number of ether oxygens (including phenoxy) is 1. The Morgan fingerprint density at radius 3 is 2.30 bits per heavy atom. The summed E-state index contributed by atoms with van der Waals surface area (Å²) < 4.78 is 45.4. The van der Waals surface area contributed by atoms with E-state index in [4.69, 9.17) is 4.74 Å². The van der Waals surface area contributed by atoms with Gasteiger partial charge in [0.15, 0.2) is 0 Å². The average molecular weight is 498 g/mol. The van der Waals surface area contributed by atoms with Crippen LogP contribution in [0.4, 0.5) is 18.0 Å². The van der Waals surface area contributed by atoms with E-state index in [1.165, 1.54) is 17.0 Å². The summed E-state index contributed by atoms with van der Waals surface area (Å²) in [5.74, 6) is -0.644. The third-order valence-corrected chi connectivity index (χ3v) is 4.69. The molecular weight excluding hydrogens is 476 g/mol. The summed E-state index contributed by atoms with van der Waals surface area (Å²) in [5, 5.41) is 2.74. The van der Waals surface area contributed by atoms with E-state index in [0.717, 1.165) is 6.07 Å². The molecule has 1 aliphatic heterocycles. The van der Waals surface area contributed by atoms with E-state index < -0.39 is 29.3 Å². The Morgan fingerprint density at radius 1 is 1.19 bits per heavy atom. The van der Waals surface area contributed by atoms with Crippen molar-refractivity contribution in [2.75, 3.05) is 13.1 Å². The fourth-order valence-electron chi connectivity index (χ4n) is 2.81. The Bertz CT molecular complexity index is 709. The molecule has 1 N–H and O–H groups in total. The molecule has 1 heterocycles. The van der Waals surface area contributed by atoms with E-state index in [2.05, 4.69) is 5.32 Å². The van der Waals surface area contributed by atoms with Gasteiger partial charge in [-0.2, -0.15) is 13.2 Å². The normalized spacial score (nSPS) is 16.2. The van der Waals surface area contributed by atoms with Crippen molar-refractivity contribution in [1.29, 1.82) is 0 Å². The highest BCUT2D eigenvalue weighted by Crippen LogP contribution is 2.34. The fraction of sp³-hybridized carbons (Fsp3) is 0.556. The molecule has 1 fully saturated rings. The van der Waals surface area contributed by atoms with Crippen LogP contribution in [0, 0.1) is 3.57 Å². The highest BCUT2D eigenvalue weighted by atomic mass is 127. The number of alkyl halides is 3. The van der Waals surface area contributed by atoms with Crippen LogP contribution in [0.1, 0.15) is 49.5 Å². The molecule has 0 unspecified atom stereocenters. The van der Waals surface area contributed by atoms with Crippen molar-refractivity contribution < 1.29 is 27.5 Å². The maximum atomic E-state index is 13.3. The molecule has 150 valence electrons. The number of rotatable bonds is 2. The first kappa shape index (κ1) is 21.8.